The number of rotatable bonds is 8. The van der Waals surface area contributed by atoms with E-state index in [1.807, 2.05) is 0 Å². The smallest absolute Gasteiger partial charge is 0.338 e. The van der Waals surface area contributed by atoms with Gasteiger partial charge in [0.1, 0.15) is 0 Å². The summed E-state index contributed by atoms with van der Waals surface area (Å²) in [6.45, 7) is 3.61. The van der Waals surface area contributed by atoms with Crippen LogP contribution >= 0.6 is 0 Å². The zero-order valence-corrected chi connectivity index (χ0v) is 15.9. The van der Waals surface area contributed by atoms with E-state index in [2.05, 4.69) is 5.32 Å². The van der Waals surface area contributed by atoms with Crippen molar-refractivity contribution in [2.75, 3.05) is 31.1 Å². The third-order valence-electron chi connectivity index (χ3n) is 4.16. The Morgan fingerprint density at radius 2 is 1.82 bits per heavy atom. The zero-order chi connectivity index (χ0) is 20.7. The number of benzene rings is 1. The Balaban J connectivity index is 1.98. The summed E-state index contributed by atoms with van der Waals surface area (Å²) in [7, 11) is 0. The number of nitrogens with zero attached hydrogens (tertiary/aromatic N) is 2. The number of likely N-dealkylation sites (N-methyl/N-ethyl adjacent to an activating group) is 2. The predicted octanol–water partition coefficient (Wildman–Crippen LogP) is 0.481. The second-order valence-corrected chi connectivity index (χ2v) is 6.11. The number of amides is 4. The summed E-state index contributed by atoms with van der Waals surface area (Å²) in [6, 6.07) is 5.92. The maximum atomic E-state index is 12.3. The van der Waals surface area contributed by atoms with Crippen molar-refractivity contribution < 1.29 is 28.7 Å². The lowest BCUT2D eigenvalue weighted by molar-refractivity contribution is -0.138. The van der Waals surface area contributed by atoms with Crippen molar-refractivity contribution in [3.63, 3.8) is 0 Å². The fourth-order valence-electron chi connectivity index (χ4n) is 2.74. The number of esters is 1. The summed E-state index contributed by atoms with van der Waals surface area (Å²) >= 11 is 0. The molecule has 0 aliphatic carbocycles. The Morgan fingerprint density at radius 3 is 2.43 bits per heavy atom. The summed E-state index contributed by atoms with van der Waals surface area (Å²) in [6.07, 6.45) is 0.279. The molecule has 0 unspecified atom stereocenters. The maximum Gasteiger partial charge on any atom is 0.338 e. The first-order valence-electron chi connectivity index (χ1n) is 9.04. The average molecular weight is 389 g/mol. The highest BCUT2D eigenvalue weighted by atomic mass is 16.5. The van der Waals surface area contributed by atoms with Gasteiger partial charge in [0.25, 0.3) is 5.91 Å². The van der Waals surface area contributed by atoms with Crippen LogP contribution in [0.5, 0.6) is 0 Å². The molecule has 0 radical (unpaired) electrons. The summed E-state index contributed by atoms with van der Waals surface area (Å²) in [4.78, 5) is 62.0. The normalized spacial score (nSPS) is 13.4. The van der Waals surface area contributed by atoms with Crippen molar-refractivity contribution in [3.8, 4) is 0 Å². The lowest BCUT2D eigenvalue weighted by atomic mass is 10.2. The molecule has 9 nitrogen and oxygen atoms in total. The molecule has 1 N–H and O–H groups in total. The van der Waals surface area contributed by atoms with Crippen LogP contribution in [0.25, 0.3) is 0 Å². The molecule has 0 saturated carbocycles. The van der Waals surface area contributed by atoms with Crippen LogP contribution in [0.15, 0.2) is 24.3 Å². The summed E-state index contributed by atoms with van der Waals surface area (Å²) in [5.74, 6) is -2.20. The fourth-order valence-corrected chi connectivity index (χ4v) is 2.74. The summed E-state index contributed by atoms with van der Waals surface area (Å²) < 4.78 is 5.04. The van der Waals surface area contributed by atoms with Gasteiger partial charge in [-0.05, 0) is 32.0 Å². The van der Waals surface area contributed by atoms with Crippen molar-refractivity contribution in [3.05, 3.63) is 29.8 Å². The molecule has 28 heavy (non-hydrogen) atoms. The average Bonchev–Trinajstić information content (AvgIpc) is 3.02. The van der Waals surface area contributed by atoms with Gasteiger partial charge in [-0.25, -0.2) is 4.79 Å². The highest BCUT2D eigenvalue weighted by Crippen LogP contribution is 2.23. The molecule has 9 heteroatoms. The number of carbonyl (C=O) groups is 5. The van der Waals surface area contributed by atoms with Crippen LogP contribution < -0.4 is 10.2 Å². The van der Waals surface area contributed by atoms with Crippen molar-refractivity contribution >= 4 is 35.3 Å². The molecule has 150 valence electrons. The summed E-state index contributed by atoms with van der Waals surface area (Å²) in [5, 5.41) is 2.60. The number of nitrogens with one attached hydrogen (secondary N) is 1. The van der Waals surface area contributed by atoms with E-state index in [4.69, 9.17) is 4.74 Å². The van der Waals surface area contributed by atoms with Crippen LogP contribution in [0.2, 0.25) is 0 Å². The molecule has 1 fully saturated rings. The second-order valence-electron chi connectivity index (χ2n) is 6.11. The van der Waals surface area contributed by atoms with E-state index in [0.717, 1.165) is 4.90 Å². The minimum Gasteiger partial charge on any atom is -0.452 e. The number of anilines is 1. The van der Waals surface area contributed by atoms with Crippen LogP contribution in [0.1, 0.15) is 37.0 Å². The molecule has 0 bridgehead atoms. The number of carbonyl (C=O) groups excluding carboxylic acids is 5. The first-order chi connectivity index (χ1) is 13.4. The van der Waals surface area contributed by atoms with E-state index in [0.29, 0.717) is 18.8 Å². The van der Waals surface area contributed by atoms with Crippen LogP contribution in [-0.2, 0) is 23.9 Å². The van der Waals surface area contributed by atoms with Gasteiger partial charge in [0.2, 0.25) is 17.7 Å². The van der Waals surface area contributed by atoms with Crippen LogP contribution in [0.3, 0.4) is 0 Å². The van der Waals surface area contributed by atoms with Crippen LogP contribution in [0, 0.1) is 0 Å². The van der Waals surface area contributed by atoms with Gasteiger partial charge in [0.05, 0.1) is 17.8 Å². The highest BCUT2D eigenvalue weighted by molar-refractivity contribution is 6.20. The highest BCUT2D eigenvalue weighted by Gasteiger charge is 2.30. The molecule has 1 aromatic rings. The van der Waals surface area contributed by atoms with E-state index >= 15 is 0 Å². The molecule has 1 aliphatic rings. The molecule has 1 aromatic carbocycles. The number of hydrogen-bond donors (Lipinski definition) is 1. The summed E-state index contributed by atoms with van der Waals surface area (Å²) in [5.41, 5.74) is 0.407. The van der Waals surface area contributed by atoms with Crippen LogP contribution in [0.4, 0.5) is 5.69 Å². The van der Waals surface area contributed by atoms with Gasteiger partial charge < -0.3 is 15.0 Å². The Hall–Kier alpha value is -3.23. The monoisotopic (exact) mass is 389 g/mol. The lowest BCUT2D eigenvalue weighted by Gasteiger charge is -2.20. The van der Waals surface area contributed by atoms with Gasteiger partial charge in [-0.2, -0.15) is 0 Å². The van der Waals surface area contributed by atoms with Crippen molar-refractivity contribution in [2.24, 2.45) is 0 Å². The van der Waals surface area contributed by atoms with Crippen molar-refractivity contribution in [1.29, 1.82) is 0 Å². The van der Waals surface area contributed by atoms with E-state index < -0.39 is 18.5 Å². The quantitative estimate of drug-likeness (QED) is 0.511. The SMILES string of the molecule is CCNC(=O)CN(CC)C(=O)COC(=O)c1cccc(N2C(=O)CCC2=O)c1. The first kappa shape index (κ1) is 21.1. The van der Waals surface area contributed by atoms with Crippen LogP contribution in [-0.4, -0.2) is 60.7 Å². The van der Waals surface area contributed by atoms with E-state index in [-0.39, 0.29) is 42.7 Å². The van der Waals surface area contributed by atoms with Gasteiger partial charge in [0.15, 0.2) is 6.61 Å². The Bertz CT molecular complexity index is 776. The number of hydrogen-bond acceptors (Lipinski definition) is 6. The Morgan fingerprint density at radius 1 is 1.14 bits per heavy atom. The van der Waals surface area contributed by atoms with E-state index in [1.165, 1.54) is 23.1 Å². The van der Waals surface area contributed by atoms with Crippen molar-refractivity contribution in [2.45, 2.75) is 26.7 Å². The zero-order valence-electron chi connectivity index (χ0n) is 15.9. The molecular formula is C19H23N3O6. The topological polar surface area (TPSA) is 113 Å². The Labute approximate surface area is 162 Å². The lowest BCUT2D eigenvalue weighted by Crippen LogP contribution is -2.42. The largest absolute Gasteiger partial charge is 0.452 e. The standard InChI is InChI=1S/C19H23N3O6/c1-3-20-15(23)11-21(4-2)18(26)12-28-19(27)13-6-5-7-14(10-13)22-16(24)8-9-17(22)25/h5-7,10H,3-4,8-9,11-12H2,1-2H3,(H,20,23). The number of imide groups is 1. The van der Waals surface area contributed by atoms with E-state index in [9.17, 15) is 24.0 Å². The molecular weight excluding hydrogens is 366 g/mol. The first-order valence-corrected chi connectivity index (χ1v) is 9.04. The molecule has 0 aromatic heterocycles. The Kier molecular flexibility index (Phi) is 7.25. The minimum atomic E-state index is -0.761. The van der Waals surface area contributed by atoms with Crippen molar-refractivity contribution in [1.82, 2.24) is 10.2 Å². The molecule has 1 heterocycles. The van der Waals surface area contributed by atoms with Gasteiger partial charge in [-0.1, -0.05) is 6.07 Å². The molecule has 0 atom stereocenters. The fraction of sp³-hybridized carbons (Fsp3) is 0.421. The van der Waals surface area contributed by atoms with Gasteiger partial charge >= 0.3 is 5.97 Å². The minimum absolute atomic E-state index is 0.115. The third kappa shape index (κ3) is 5.15. The second kappa shape index (κ2) is 9.63. The molecule has 1 saturated heterocycles. The van der Waals surface area contributed by atoms with E-state index in [1.54, 1.807) is 19.9 Å². The van der Waals surface area contributed by atoms with Gasteiger partial charge in [-0.3, -0.25) is 24.1 Å². The molecule has 4 amide bonds. The third-order valence-corrected chi connectivity index (χ3v) is 4.16. The molecule has 0 spiro atoms. The molecule has 1 aliphatic heterocycles. The number of ether oxygens (including phenoxy) is 1. The predicted molar refractivity (Wildman–Crippen MR) is 99.4 cm³/mol. The van der Waals surface area contributed by atoms with Gasteiger partial charge in [0, 0.05) is 25.9 Å². The molecule has 2 rings (SSSR count). The maximum absolute atomic E-state index is 12.3. The van der Waals surface area contributed by atoms with Gasteiger partial charge in [-0.15, -0.1) is 0 Å².